The summed E-state index contributed by atoms with van der Waals surface area (Å²) in [6.45, 7) is 0.648. The molecule has 0 aliphatic carbocycles. The van der Waals surface area contributed by atoms with Gasteiger partial charge in [0.15, 0.2) is 0 Å². The highest BCUT2D eigenvalue weighted by atomic mass is 19.4. The fraction of sp³-hybridized carbons (Fsp3) is 0.294. The van der Waals surface area contributed by atoms with E-state index in [1.54, 1.807) is 29.2 Å². The van der Waals surface area contributed by atoms with Crippen LogP contribution in [0.15, 0.2) is 37.1 Å². The van der Waals surface area contributed by atoms with Gasteiger partial charge in [-0.3, -0.25) is 14.5 Å². The van der Waals surface area contributed by atoms with Gasteiger partial charge >= 0.3 is 6.18 Å². The van der Waals surface area contributed by atoms with E-state index < -0.39 is 11.9 Å². The first-order valence-electron chi connectivity index (χ1n) is 8.16. The minimum atomic E-state index is -4.54. The number of aromatic nitrogens is 5. The number of aromatic amines is 1. The highest BCUT2D eigenvalue weighted by Gasteiger charge is 2.34. The van der Waals surface area contributed by atoms with Crippen LogP contribution in [0.2, 0.25) is 0 Å². The lowest BCUT2D eigenvalue weighted by molar-refractivity contribution is -0.141. The van der Waals surface area contributed by atoms with Crippen LogP contribution in [0.4, 0.5) is 13.2 Å². The summed E-state index contributed by atoms with van der Waals surface area (Å²) in [5.41, 5.74) is 1.63. The summed E-state index contributed by atoms with van der Waals surface area (Å²) in [6.07, 6.45) is 1.57. The number of alkyl halides is 3. The molecule has 3 aromatic heterocycles. The van der Waals surface area contributed by atoms with Crippen molar-refractivity contribution in [2.24, 2.45) is 7.05 Å². The number of H-pyrrole nitrogens is 1. The zero-order valence-corrected chi connectivity index (χ0v) is 14.2. The third-order valence-corrected chi connectivity index (χ3v) is 4.55. The summed E-state index contributed by atoms with van der Waals surface area (Å²) in [4.78, 5) is 25.2. The molecule has 7 nitrogen and oxygen atoms in total. The topological polar surface area (TPSA) is 79.7 Å². The Morgan fingerprint density at radius 3 is 2.70 bits per heavy atom. The van der Waals surface area contributed by atoms with E-state index in [1.165, 1.54) is 0 Å². The Balaban J connectivity index is 1.62. The van der Waals surface area contributed by atoms with Crippen molar-refractivity contribution in [3.63, 3.8) is 0 Å². The van der Waals surface area contributed by atoms with Gasteiger partial charge in [0.25, 0.3) is 5.91 Å². The van der Waals surface area contributed by atoms with Gasteiger partial charge in [-0.15, -0.1) is 0 Å². The summed E-state index contributed by atoms with van der Waals surface area (Å²) < 4.78 is 39.7. The van der Waals surface area contributed by atoms with Gasteiger partial charge in [-0.05, 0) is 12.1 Å². The van der Waals surface area contributed by atoms with Crippen LogP contribution in [0, 0.1) is 0 Å². The van der Waals surface area contributed by atoms with Crippen molar-refractivity contribution in [1.29, 1.82) is 0 Å². The molecule has 1 aliphatic rings. The summed E-state index contributed by atoms with van der Waals surface area (Å²) in [7, 11) is 1.80. The molecule has 1 aliphatic heterocycles. The summed E-state index contributed by atoms with van der Waals surface area (Å²) >= 11 is 0. The zero-order chi connectivity index (χ0) is 19.2. The van der Waals surface area contributed by atoms with Gasteiger partial charge in [-0.25, -0.2) is 4.98 Å². The Hall–Kier alpha value is -3.17. The molecule has 0 radical (unpaired) electrons. The number of pyridine rings is 1. The van der Waals surface area contributed by atoms with Crippen molar-refractivity contribution >= 4 is 5.91 Å². The van der Waals surface area contributed by atoms with Crippen LogP contribution in [0.25, 0.3) is 0 Å². The van der Waals surface area contributed by atoms with Gasteiger partial charge in [0.05, 0.1) is 36.0 Å². The molecule has 1 N–H and O–H groups in total. The third-order valence-electron chi connectivity index (χ3n) is 4.55. The van der Waals surface area contributed by atoms with E-state index in [0.717, 1.165) is 35.3 Å². The number of rotatable bonds is 2. The number of nitrogens with zero attached hydrogens (tertiary/aromatic N) is 5. The number of imidazole rings is 1. The van der Waals surface area contributed by atoms with E-state index in [1.807, 2.05) is 6.20 Å². The van der Waals surface area contributed by atoms with Crippen molar-refractivity contribution in [2.45, 2.75) is 18.6 Å². The van der Waals surface area contributed by atoms with Gasteiger partial charge in [-0.2, -0.15) is 18.3 Å². The number of amides is 1. The van der Waals surface area contributed by atoms with Gasteiger partial charge in [-0.1, -0.05) is 0 Å². The molecule has 1 unspecified atom stereocenters. The number of hydrogen-bond acceptors (Lipinski definition) is 4. The molecule has 140 valence electrons. The number of nitrogens with one attached hydrogen (secondary N) is 1. The quantitative estimate of drug-likeness (QED) is 0.745. The molecule has 27 heavy (non-hydrogen) atoms. The number of hydrogen-bond donors (Lipinski definition) is 1. The Morgan fingerprint density at radius 1 is 1.26 bits per heavy atom. The lowest BCUT2D eigenvalue weighted by Crippen LogP contribution is -2.38. The van der Waals surface area contributed by atoms with Crippen molar-refractivity contribution in [2.75, 3.05) is 6.54 Å². The second-order valence-electron chi connectivity index (χ2n) is 6.38. The highest BCUT2D eigenvalue weighted by Crippen LogP contribution is 2.32. The molecule has 4 rings (SSSR count). The molecule has 0 spiro atoms. The van der Waals surface area contributed by atoms with E-state index >= 15 is 0 Å². The zero-order valence-electron chi connectivity index (χ0n) is 14.2. The molecule has 1 amide bonds. The summed E-state index contributed by atoms with van der Waals surface area (Å²) in [5, 5.41) is 4.17. The molecule has 0 saturated heterocycles. The Kier molecular flexibility index (Phi) is 3.97. The first-order valence-corrected chi connectivity index (χ1v) is 8.16. The molecule has 3 aromatic rings. The molecular weight excluding hydrogens is 361 g/mol. The Morgan fingerprint density at radius 2 is 2.07 bits per heavy atom. The van der Waals surface area contributed by atoms with Crippen LogP contribution < -0.4 is 0 Å². The minimum absolute atomic E-state index is 0.107. The van der Waals surface area contributed by atoms with Crippen LogP contribution in [-0.4, -0.2) is 42.1 Å². The predicted octanol–water partition coefficient (Wildman–Crippen LogP) is 2.34. The lowest BCUT2D eigenvalue weighted by atomic mass is 9.93. The van der Waals surface area contributed by atoms with E-state index in [2.05, 4.69) is 20.1 Å². The van der Waals surface area contributed by atoms with Gasteiger partial charge < -0.3 is 9.88 Å². The van der Waals surface area contributed by atoms with Crippen LogP contribution in [0.1, 0.15) is 38.9 Å². The number of carbonyl (C=O) groups is 1. The number of aryl methyl sites for hydroxylation is 1. The van der Waals surface area contributed by atoms with E-state index in [0.29, 0.717) is 13.1 Å². The third kappa shape index (κ3) is 3.18. The summed E-state index contributed by atoms with van der Waals surface area (Å²) in [5.74, 6) is -0.551. The molecular formula is C17H15F3N6O. The van der Waals surface area contributed by atoms with Crippen molar-refractivity contribution in [1.82, 2.24) is 29.6 Å². The second-order valence-corrected chi connectivity index (χ2v) is 6.38. The predicted molar refractivity (Wildman–Crippen MR) is 87.6 cm³/mol. The first-order chi connectivity index (χ1) is 12.8. The average Bonchev–Trinajstić information content (AvgIpc) is 3.28. The lowest BCUT2D eigenvalue weighted by Gasteiger charge is -2.31. The average molecular weight is 376 g/mol. The minimum Gasteiger partial charge on any atom is -0.347 e. The molecule has 0 aromatic carbocycles. The monoisotopic (exact) mass is 376 g/mol. The molecule has 10 heteroatoms. The molecule has 0 bridgehead atoms. The maximum Gasteiger partial charge on any atom is 0.433 e. The summed E-state index contributed by atoms with van der Waals surface area (Å²) in [6, 6.07) is 1.97. The number of fused-ring (bicyclic) bond motifs is 1. The Labute approximate surface area is 151 Å². The van der Waals surface area contributed by atoms with Gasteiger partial charge in [0, 0.05) is 37.5 Å². The highest BCUT2D eigenvalue weighted by molar-refractivity contribution is 5.94. The van der Waals surface area contributed by atoms with Gasteiger partial charge in [0.2, 0.25) is 0 Å². The van der Waals surface area contributed by atoms with Crippen molar-refractivity contribution in [3.05, 3.63) is 65.3 Å². The van der Waals surface area contributed by atoms with Crippen LogP contribution >= 0.6 is 0 Å². The molecule has 0 fully saturated rings. The van der Waals surface area contributed by atoms with E-state index in [-0.39, 0.29) is 17.4 Å². The Bertz CT molecular complexity index is 975. The molecule has 0 saturated carbocycles. The SMILES string of the molecule is Cn1cc(C2CN(C(=O)c3ccc(C(F)(F)F)nc3)Cc3[nH]cnc32)cn1. The first kappa shape index (κ1) is 17.3. The number of carbonyl (C=O) groups excluding carboxylic acids is 1. The molecule has 1 atom stereocenters. The van der Waals surface area contributed by atoms with Crippen LogP contribution in [0.5, 0.6) is 0 Å². The standard InChI is InChI=1S/C17H15F3N6O/c1-25-6-11(5-24-25)12-7-26(8-13-15(12)23-9-22-13)16(27)10-2-3-14(21-4-10)17(18,19)20/h2-6,9,12H,7-8H2,1H3,(H,22,23). The largest absolute Gasteiger partial charge is 0.433 e. The smallest absolute Gasteiger partial charge is 0.347 e. The fourth-order valence-electron chi connectivity index (χ4n) is 3.23. The fourth-order valence-corrected chi connectivity index (χ4v) is 3.23. The van der Waals surface area contributed by atoms with E-state index in [9.17, 15) is 18.0 Å². The van der Waals surface area contributed by atoms with Crippen LogP contribution in [-0.2, 0) is 19.8 Å². The number of halogens is 3. The second kappa shape index (κ2) is 6.22. The van der Waals surface area contributed by atoms with Crippen LogP contribution in [0.3, 0.4) is 0 Å². The van der Waals surface area contributed by atoms with Gasteiger partial charge in [0.1, 0.15) is 5.69 Å². The molecule has 4 heterocycles. The van der Waals surface area contributed by atoms with E-state index in [4.69, 9.17) is 0 Å². The maximum atomic E-state index is 12.8. The normalized spacial score (nSPS) is 17.0. The maximum absolute atomic E-state index is 12.8. The van der Waals surface area contributed by atoms with Crippen molar-refractivity contribution < 1.29 is 18.0 Å². The van der Waals surface area contributed by atoms with Crippen molar-refractivity contribution in [3.8, 4) is 0 Å².